The molecule has 4 heteroatoms. The van der Waals surface area contributed by atoms with E-state index in [9.17, 15) is 0 Å². The molecule has 84 valence electrons. The van der Waals surface area contributed by atoms with Crippen LogP contribution in [0, 0.1) is 0 Å². The van der Waals surface area contributed by atoms with Crippen molar-refractivity contribution in [2.24, 2.45) is 5.73 Å². The lowest BCUT2D eigenvalue weighted by atomic mass is 10.4. The summed E-state index contributed by atoms with van der Waals surface area (Å²) in [5.41, 5.74) is 6.64. The fourth-order valence-electron chi connectivity index (χ4n) is 0.966. The first-order valence-corrected chi connectivity index (χ1v) is 5.25. The fourth-order valence-corrected chi connectivity index (χ4v) is 0.966. The maximum Gasteiger partial charge on any atom is 0.0266 e. The largest absolute Gasteiger partial charge is 0.390 e. The minimum atomic E-state index is 0.710. The molecule has 0 aliphatic rings. The molecule has 0 spiro atoms. The van der Waals surface area contributed by atoms with Crippen LogP contribution in [0.3, 0.4) is 0 Å². The summed E-state index contributed by atoms with van der Waals surface area (Å²) in [6.45, 7) is 9.72. The van der Waals surface area contributed by atoms with Gasteiger partial charge in [-0.1, -0.05) is 5.57 Å². The van der Waals surface area contributed by atoms with Crippen molar-refractivity contribution >= 4 is 0 Å². The average Bonchev–Trinajstić information content (AvgIpc) is 2.15. The Balaban J connectivity index is 2.96. The van der Waals surface area contributed by atoms with Gasteiger partial charge < -0.3 is 21.7 Å². The molecule has 0 aliphatic heterocycles. The van der Waals surface area contributed by atoms with E-state index in [4.69, 9.17) is 5.73 Å². The monoisotopic (exact) mass is 200 g/mol. The third-order valence-electron chi connectivity index (χ3n) is 1.64. The van der Waals surface area contributed by atoms with Crippen molar-refractivity contribution in [1.82, 2.24) is 16.0 Å². The van der Waals surface area contributed by atoms with Crippen molar-refractivity contribution in [3.8, 4) is 0 Å². The quantitative estimate of drug-likeness (QED) is 0.384. The van der Waals surface area contributed by atoms with Gasteiger partial charge in [0.1, 0.15) is 0 Å². The zero-order valence-electron chi connectivity index (χ0n) is 9.40. The molecule has 0 saturated heterocycles. The molecule has 0 unspecified atom stereocenters. The molecule has 0 fully saturated rings. The third-order valence-corrected chi connectivity index (χ3v) is 1.64. The van der Waals surface area contributed by atoms with Crippen LogP contribution >= 0.6 is 0 Å². The van der Waals surface area contributed by atoms with Crippen molar-refractivity contribution in [1.29, 1.82) is 0 Å². The number of rotatable bonds is 9. The van der Waals surface area contributed by atoms with Crippen LogP contribution in [0.5, 0.6) is 0 Å². The van der Waals surface area contributed by atoms with E-state index in [2.05, 4.69) is 29.8 Å². The Morgan fingerprint density at radius 3 is 2.14 bits per heavy atom. The second kappa shape index (κ2) is 10.5. The maximum atomic E-state index is 5.34. The van der Waals surface area contributed by atoms with Crippen LogP contribution in [0.2, 0.25) is 0 Å². The smallest absolute Gasteiger partial charge is 0.0266 e. The van der Waals surface area contributed by atoms with Crippen molar-refractivity contribution < 1.29 is 0 Å². The Morgan fingerprint density at radius 2 is 1.57 bits per heavy atom. The summed E-state index contributed by atoms with van der Waals surface area (Å²) in [6, 6.07) is 0. The minimum Gasteiger partial charge on any atom is -0.390 e. The molecule has 0 radical (unpaired) electrons. The number of nitrogens with two attached hydrogens (primary N) is 1. The van der Waals surface area contributed by atoms with Crippen molar-refractivity contribution in [3.63, 3.8) is 0 Å². The summed E-state index contributed by atoms with van der Waals surface area (Å²) >= 11 is 0. The Kier molecular flexibility index (Phi) is 10.1. The molecule has 14 heavy (non-hydrogen) atoms. The molecule has 0 atom stereocenters. The lowest BCUT2D eigenvalue weighted by Crippen LogP contribution is -2.33. The third kappa shape index (κ3) is 11.4. The molecule has 0 aromatic rings. The molecule has 0 aromatic carbocycles. The van der Waals surface area contributed by atoms with E-state index in [1.54, 1.807) is 0 Å². The SMILES string of the molecule is CC(C)=CNCCNCCNCCN. The molecule has 0 amide bonds. The van der Waals surface area contributed by atoms with E-state index < -0.39 is 0 Å². The predicted octanol–water partition coefficient (Wildman–Crippen LogP) is -0.362. The summed E-state index contributed by atoms with van der Waals surface area (Å²) < 4.78 is 0. The normalized spacial score (nSPS) is 9.93. The van der Waals surface area contributed by atoms with Gasteiger partial charge in [0, 0.05) is 39.3 Å². The number of nitrogens with one attached hydrogen (secondary N) is 3. The van der Waals surface area contributed by atoms with Gasteiger partial charge >= 0.3 is 0 Å². The number of hydrogen-bond acceptors (Lipinski definition) is 4. The summed E-state index contributed by atoms with van der Waals surface area (Å²) in [6.07, 6.45) is 2.04. The van der Waals surface area contributed by atoms with E-state index in [0.29, 0.717) is 6.54 Å². The lowest BCUT2D eigenvalue weighted by molar-refractivity contribution is 0.606. The predicted molar refractivity (Wildman–Crippen MR) is 62.2 cm³/mol. The Hall–Kier alpha value is -0.580. The zero-order valence-corrected chi connectivity index (χ0v) is 9.40. The van der Waals surface area contributed by atoms with E-state index >= 15 is 0 Å². The highest BCUT2D eigenvalue weighted by molar-refractivity contribution is 4.90. The Morgan fingerprint density at radius 1 is 1.00 bits per heavy atom. The second-order valence-electron chi connectivity index (χ2n) is 3.46. The van der Waals surface area contributed by atoms with Gasteiger partial charge in [0.2, 0.25) is 0 Å². The molecule has 0 heterocycles. The summed E-state index contributed by atoms with van der Waals surface area (Å²) in [5, 5.41) is 9.77. The van der Waals surface area contributed by atoms with Gasteiger partial charge in [0.15, 0.2) is 0 Å². The first kappa shape index (κ1) is 13.4. The van der Waals surface area contributed by atoms with Gasteiger partial charge in [-0.3, -0.25) is 0 Å². The molecule has 0 saturated carbocycles. The van der Waals surface area contributed by atoms with E-state index in [1.165, 1.54) is 5.57 Å². The van der Waals surface area contributed by atoms with Crippen molar-refractivity contribution in [2.45, 2.75) is 13.8 Å². The summed E-state index contributed by atoms with van der Waals surface area (Å²) in [4.78, 5) is 0. The van der Waals surface area contributed by atoms with Gasteiger partial charge in [0.05, 0.1) is 0 Å². The van der Waals surface area contributed by atoms with Crippen molar-refractivity contribution in [2.75, 3.05) is 39.3 Å². The number of hydrogen-bond donors (Lipinski definition) is 4. The van der Waals surface area contributed by atoms with Gasteiger partial charge in [-0.05, 0) is 20.0 Å². The van der Waals surface area contributed by atoms with Crippen LogP contribution in [0.15, 0.2) is 11.8 Å². The molecule has 0 rings (SSSR count). The molecule has 0 bridgehead atoms. The van der Waals surface area contributed by atoms with Crippen LogP contribution < -0.4 is 21.7 Å². The van der Waals surface area contributed by atoms with Crippen LogP contribution in [0.1, 0.15) is 13.8 Å². The first-order chi connectivity index (χ1) is 6.77. The van der Waals surface area contributed by atoms with E-state index in [0.717, 1.165) is 32.7 Å². The Bertz CT molecular complexity index is 141. The van der Waals surface area contributed by atoms with Crippen LogP contribution in [-0.4, -0.2) is 39.3 Å². The highest BCUT2D eigenvalue weighted by atomic mass is 15.0. The van der Waals surface area contributed by atoms with E-state index in [1.807, 2.05) is 6.20 Å². The second-order valence-corrected chi connectivity index (χ2v) is 3.46. The van der Waals surface area contributed by atoms with Crippen LogP contribution in [-0.2, 0) is 0 Å². The van der Waals surface area contributed by atoms with Crippen LogP contribution in [0.4, 0.5) is 0 Å². The zero-order chi connectivity index (χ0) is 10.6. The summed E-state index contributed by atoms with van der Waals surface area (Å²) in [5.74, 6) is 0. The standard InChI is InChI=1S/C10H24N4/c1-10(2)9-14-8-7-13-6-5-12-4-3-11/h9,12-14H,3-8,11H2,1-2H3. The summed E-state index contributed by atoms with van der Waals surface area (Å²) in [7, 11) is 0. The molecular formula is C10H24N4. The highest BCUT2D eigenvalue weighted by Crippen LogP contribution is 1.82. The topological polar surface area (TPSA) is 62.1 Å². The van der Waals surface area contributed by atoms with Gasteiger partial charge in [-0.25, -0.2) is 0 Å². The highest BCUT2D eigenvalue weighted by Gasteiger charge is 1.86. The molecule has 0 aromatic heterocycles. The Labute approximate surface area is 87.3 Å². The maximum absolute atomic E-state index is 5.34. The first-order valence-electron chi connectivity index (χ1n) is 5.25. The molecule has 5 N–H and O–H groups in total. The fraction of sp³-hybridized carbons (Fsp3) is 0.800. The van der Waals surface area contributed by atoms with E-state index in [-0.39, 0.29) is 0 Å². The van der Waals surface area contributed by atoms with Gasteiger partial charge in [-0.15, -0.1) is 0 Å². The van der Waals surface area contributed by atoms with Crippen molar-refractivity contribution in [3.05, 3.63) is 11.8 Å². The molecule has 4 nitrogen and oxygen atoms in total. The van der Waals surface area contributed by atoms with Gasteiger partial charge in [0.25, 0.3) is 0 Å². The van der Waals surface area contributed by atoms with Crippen LogP contribution in [0.25, 0.3) is 0 Å². The number of allylic oxidation sites excluding steroid dienone is 1. The molecule has 0 aliphatic carbocycles. The average molecular weight is 200 g/mol. The lowest BCUT2D eigenvalue weighted by Gasteiger charge is -2.05. The minimum absolute atomic E-state index is 0.710. The molecular weight excluding hydrogens is 176 g/mol. The van der Waals surface area contributed by atoms with Gasteiger partial charge in [-0.2, -0.15) is 0 Å².